The summed E-state index contributed by atoms with van der Waals surface area (Å²) in [6.45, 7) is 0.0360. The van der Waals surface area contributed by atoms with Gasteiger partial charge in [0.15, 0.2) is 5.69 Å². The number of hydrogen-bond donors (Lipinski definition) is 3. The maximum atomic E-state index is 13.5. The highest BCUT2D eigenvalue weighted by Gasteiger charge is 2.14. The molecule has 1 aromatic heterocycles. The number of carbonyl (C=O) groups excluding carboxylic acids is 2. The predicted octanol–water partition coefficient (Wildman–Crippen LogP) is 1.82. The minimum Gasteiger partial charge on any atom is -0.350 e. The first-order chi connectivity index (χ1) is 12.6. The highest BCUT2D eigenvalue weighted by Crippen LogP contribution is 2.13. The van der Waals surface area contributed by atoms with Crippen LogP contribution in [0.25, 0.3) is 10.8 Å². The van der Waals surface area contributed by atoms with E-state index < -0.39 is 17.6 Å². The predicted molar refractivity (Wildman–Crippen MR) is 94.3 cm³/mol. The smallest absolute Gasteiger partial charge is 0.272 e. The molecule has 3 rings (SSSR count). The van der Waals surface area contributed by atoms with E-state index in [0.29, 0.717) is 10.8 Å². The Morgan fingerprint density at radius 1 is 1.04 bits per heavy atom. The van der Waals surface area contributed by atoms with Crippen molar-refractivity contribution in [3.63, 3.8) is 0 Å². The van der Waals surface area contributed by atoms with Gasteiger partial charge in [0.1, 0.15) is 5.82 Å². The molecule has 26 heavy (non-hydrogen) atoms. The van der Waals surface area contributed by atoms with Crippen LogP contribution >= 0.6 is 0 Å². The first-order valence-electron chi connectivity index (χ1n) is 7.86. The number of nitrogens with zero attached hydrogens (tertiary/aromatic N) is 1. The Morgan fingerprint density at radius 3 is 2.50 bits per heavy atom. The number of aromatic nitrogens is 2. The second-order valence-electron chi connectivity index (χ2n) is 5.48. The lowest BCUT2D eigenvalue weighted by Gasteiger charge is -2.08. The number of fused-ring (bicyclic) bond motifs is 1. The van der Waals surface area contributed by atoms with Crippen LogP contribution in [0.4, 0.5) is 10.1 Å². The molecule has 8 heteroatoms. The van der Waals surface area contributed by atoms with Crippen molar-refractivity contribution in [1.29, 1.82) is 0 Å². The molecule has 0 unspecified atom stereocenters. The van der Waals surface area contributed by atoms with Crippen LogP contribution in [0.5, 0.6) is 0 Å². The van der Waals surface area contributed by atoms with E-state index >= 15 is 0 Å². The first-order valence-corrected chi connectivity index (χ1v) is 7.86. The van der Waals surface area contributed by atoms with Crippen LogP contribution in [-0.2, 0) is 4.79 Å². The van der Waals surface area contributed by atoms with Gasteiger partial charge in [-0.3, -0.25) is 14.4 Å². The van der Waals surface area contributed by atoms with Gasteiger partial charge in [-0.05, 0) is 18.2 Å². The van der Waals surface area contributed by atoms with Gasteiger partial charge in [-0.1, -0.05) is 30.3 Å². The van der Waals surface area contributed by atoms with Gasteiger partial charge in [0.2, 0.25) is 5.91 Å². The lowest BCUT2D eigenvalue weighted by atomic mass is 10.1. The summed E-state index contributed by atoms with van der Waals surface area (Å²) in [5.74, 6) is -1.49. The summed E-state index contributed by atoms with van der Waals surface area (Å²) < 4.78 is 13.5. The minimum atomic E-state index is -0.534. The summed E-state index contributed by atoms with van der Waals surface area (Å²) in [5, 5.41) is 11.8. The molecule has 2 aromatic carbocycles. The Balaban J connectivity index is 1.61. The Hall–Kier alpha value is -3.55. The molecule has 0 aliphatic rings. The number of H-pyrrole nitrogens is 1. The van der Waals surface area contributed by atoms with Crippen molar-refractivity contribution in [3.8, 4) is 0 Å². The maximum absolute atomic E-state index is 13.5. The molecule has 1 heterocycles. The molecular formula is C18H15FN4O3. The molecule has 0 saturated heterocycles. The quantitative estimate of drug-likeness (QED) is 0.650. The molecule has 0 fully saturated rings. The number of benzene rings is 2. The molecule has 0 aliphatic heterocycles. The number of nitrogens with one attached hydrogen (secondary N) is 3. The summed E-state index contributed by atoms with van der Waals surface area (Å²) >= 11 is 0. The van der Waals surface area contributed by atoms with Crippen LogP contribution in [-0.4, -0.2) is 28.6 Å². The average Bonchev–Trinajstić information content (AvgIpc) is 2.64. The molecular weight excluding hydrogens is 339 g/mol. The molecule has 132 valence electrons. The highest BCUT2D eigenvalue weighted by molar-refractivity contribution is 6.04. The Morgan fingerprint density at radius 2 is 1.73 bits per heavy atom. The zero-order valence-electron chi connectivity index (χ0n) is 13.6. The second-order valence-corrected chi connectivity index (χ2v) is 5.48. The zero-order chi connectivity index (χ0) is 18.5. The summed E-state index contributed by atoms with van der Waals surface area (Å²) in [5.41, 5.74) is -0.242. The Labute approximate surface area is 147 Å². The molecule has 7 nitrogen and oxygen atoms in total. The molecule has 0 bridgehead atoms. The van der Waals surface area contributed by atoms with Crippen molar-refractivity contribution < 1.29 is 14.0 Å². The van der Waals surface area contributed by atoms with E-state index in [9.17, 15) is 18.8 Å². The van der Waals surface area contributed by atoms with E-state index in [1.165, 1.54) is 18.2 Å². The fraction of sp³-hybridized carbons (Fsp3) is 0.111. The van der Waals surface area contributed by atoms with Gasteiger partial charge in [-0.25, -0.2) is 9.49 Å². The number of halogens is 1. The molecule has 0 atom stereocenters. The number of hydrogen-bond acceptors (Lipinski definition) is 4. The number of rotatable bonds is 5. The van der Waals surface area contributed by atoms with Crippen molar-refractivity contribution in [2.45, 2.75) is 6.42 Å². The molecule has 3 N–H and O–H groups in total. The van der Waals surface area contributed by atoms with Gasteiger partial charge >= 0.3 is 0 Å². The number of amides is 2. The van der Waals surface area contributed by atoms with Crippen molar-refractivity contribution in [1.82, 2.24) is 15.5 Å². The summed E-state index contributed by atoms with van der Waals surface area (Å²) in [7, 11) is 0. The fourth-order valence-corrected chi connectivity index (χ4v) is 2.44. The molecule has 0 aliphatic carbocycles. The number of aromatic amines is 1. The van der Waals surface area contributed by atoms with Crippen LogP contribution in [0, 0.1) is 5.82 Å². The third-order valence-corrected chi connectivity index (χ3v) is 3.70. The zero-order valence-corrected chi connectivity index (χ0v) is 13.6. The largest absolute Gasteiger partial charge is 0.350 e. The van der Waals surface area contributed by atoms with E-state index in [-0.39, 0.29) is 29.9 Å². The standard InChI is InChI=1S/C18H15FN4O3/c19-13-7-3-4-8-14(13)21-15(24)9-10-20-18(26)16-11-5-1-2-6-12(11)17(25)23-22-16/h1-8H,9-10H2,(H,20,26)(H,21,24)(H,23,25). The van der Waals surface area contributed by atoms with Crippen LogP contribution in [0.1, 0.15) is 16.9 Å². The first kappa shape index (κ1) is 17.3. The topological polar surface area (TPSA) is 104 Å². The van der Waals surface area contributed by atoms with Crippen LogP contribution in [0.3, 0.4) is 0 Å². The molecule has 0 spiro atoms. The molecule has 0 radical (unpaired) electrons. The van der Waals surface area contributed by atoms with Gasteiger partial charge in [0.05, 0.1) is 11.1 Å². The molecule has 3 aromatic rings. The third-order valence-electron chi connectivity index (χ3n) is 3.70. The highest BCUT2D eigenvalue weighted by atomic mass is 19.1. The van der Waals surface area contributed by atoms with Gasteiger partial charge in [0.25, 0.3) is 11.5 Å². The van der Waals surface area contributed by atoms with E-state index in [1.807, 2.05) is 0 Å². The number of carbonyl (C=O) groups is 2. The van der Waals surface area contributed by atoms with Gasteiger partial charge in [-0.15, -0.1) is 0 Å². The van der Waals surface area contributed by atoms with Gasteiger partial charge < -0.3 is 10.6 Å². The number of anilines is 1. The summed E-state index contributed by atoms with van der Waals surface area (Å²) in [6.07, 6.45) is -0.0403. The SMILES string of the molecule is O=C(CCNC(=O)c1n[nH]c(=O)c2ccccc12)Nc1ccccc1F. The number of para-hydroxylation sites is 1. The van der Waals surface area contributed by atoms with Gasteiger partial charge in [0, 0.05) is 18.4 Å². The van der Waals surface area contributed by atoms with E-state index in [0.717, 1.165) is 0 Å². The van der Waals surface area contributed by atoms with Crippen LogP contribution in [0.15, 0.2) is 53.3 Å². The minimum absolute atomic E-state index is 0.0360. The van der Waals surface area contributed by atoms with E-state index in [2.05, 4.69) is 20.8 Å². The van der Waals surface area contributed by atoms with Crippen molar-refractivity contribution in [2.24, 2.45) is 0 Å². The third kappa shape index (κ3) is 3.75. The molecule has 2 amide bonds. The van der Waals surface area contributed by atoms with Crippen LogP contribution < -0.4 is 16.2 Å². The van der Waals surface area contributed by atoms with E-state index in [1.54, 1.807) is 30.3 Å². The lowest BCUT2D eigenvalue weighted by molar-refractivity contribution is -0.116. The Bertz CT molecular complexity index is 1030. The lowest BCUT2D eigenvalue weighted by Crippen LogP contribution is -2.29. The molecule has 0 saturated carbocycles. The van der Waals surface area contributed by atoms with E-state index in [4.69, 9.17) is 0 Å². The fourth-order valence-electron chi connectivity index (χ4n) is 2.44. The van der Waals surface area contributed by atoms with Crippen molar-refractivity contribution in [2.75, 3.05) is 11.9 Å². The summed E-state index contributed by atoms with van der Waals surface area (Å²) in [4.78, 5) is 35.8. The maximum Gasteiger partial charge on any atom is 0.272 e. The van der Waals surface area contributed by atoms with Crippen LogP contribution in [0.2, 0.25) is 0 Å². The normalized spacial score (nSPS) is 10.5. The average molecular weight is 354 g/mol. The van der Waals surface area contributed by atoms with Crippen molar-refractivity contribution in [3.05, 3.63) is 70.4 Å². The van der Waals surface area contributed by atoms with Gasteiger partial charge in [-0.2, -0.15) is 5.10 Å². The monoisotopic (exact) mass is 354 g/mol. The summed E-state index contributed by atoms with van der Waals surface area (Å²) in [6, 6.07) is 12.4. The Kier molecular flexibility index (Phi) is 5.02. The second kappa shape index (κ2) is 7.56. The van der Waals surface area contributed by atoms with Crippen molar-refractivity contribution >= 4 is 28.3 Å².